The lowest BCUT2D eigenvalue weighted by atomic mass is 10.1. The van der Waals surface area contributed by atoms with Gasteiger partial charge in [-0.15, -0.1) is 11.3 Å². The summed E-state index contributed by atoms with van der Waals surface area (Å²) < 4.78 is 26.5. The molecule has 0 saturated heterocycles. The molecule has 0 radical (unpaired) electrons. The second kappa shape index (κ2) is 9.71. The molecule has 0 fully saturated rings. The first kappa shape index (κ1) is 21.1. The van der Waals surface area contributed by atoms with Gasteiger partial charge in [0.05, 0.1) is 0 Å². The highest BCUT2D eigenvalue weighted by Crippen LogP contribution is 2.10. The zero-order valence-corrected chi connectivity index (χ0v) is 17.2. The normalized spacial score (nSPS) is 11.2. The van der Waals surface area contributed by atoms with E-state index in [4.69, 9.17) is 0 Å². The molecule has 0 bridgehead atoms. The highest BCUT2D eigenvalue weighted by Gasteiger charge is 2.17. The van der Waals surface area contributed by atoms with Crippen LogP contribution in [0.2, 0.25) is 0 Å². The fraction of sp³-hybridized carbons (Fsp3) is 0.273. The summed E-state index contributed by atoms with van der Waals surface area (Å²) in [6.07, 6.45) is 0. The first-order valence-corrected chi connectivity index (χ1v) is 10.3. The fourth-order valence-corrected chi connectivity index (χ4v) is 3.86. The number of nitrogens with one attached hydrogen (secondary N) is 2. The van der Waals surface area contributed by atoms with Crippen LogP contribution in [0.3, 0.4) is 0 Å². The highest BCUT2D eigenvalue weighted by atomic mass is 32.1. The second-order valence-electron chi connectivity index (χ2n) is 7.29. The Kier molecular flexibility index (Phi) is 7.06. The minimum Gasteiger partial charge on any atom is -0.349 e. The number of benzene rings is 2. The SMILES string of the molecule is CC(C)NC(=O)c1csc(C[NH+](Cc2ccc(F)cc2)Cc2ccc(F)cc2)n1. The van der Waals surface area contributed by atoms with E-state index >= 15 is 0 Å². The number of hydrogen-bond acceptors (Lipinski definition) is 3. The van der Waals surface area contributed by atoms with Crippen molar-refractivity contribution in [3.63, 3.8) is 0 Å². The van der Waals surface area contributed by atoms with Crippen molar-refractivity contribution in [3.8, 4) is 0 Å². The van der Waals surface area contributed by atoms with Crippen LogP contribution in [-0.2, 0) is 19.6 Å². The van der Waals surface area contributed by atoms with E-state index in [2.05, 4.69) is 10.3 Å². The van der Waals surface area contributed by atoms with Gasteiger partial charge in [0.1, 0.15) is 42.0 Å². The number of quaternary nitrogens is 1. The number of halogens is 2. The minimum atomic E-state index is -0.269. The van der Waals surface area contributed by atoms with Gasteiger partial charge in [0, 0.05) is 22.5 Å². The Balaban J connectivity index is 1.75. The molecule has 7 heteroatoms. The third-order valence-electron chi connectivity index (χ3n) is 4.34. The molecule has 4 nitrogen and oxygen atoms in total. The Morgan fingerprint density at radius 2 is 1.48 bits per heavy atom. The Morgan fingerprint density at radius 1 is 0.966 bits per heavy atom. The van der Waals surface area contributed by atoms with Crippen LogP contribution in [0.4, 0.5) is 8.78 Å². The number of nitrogens with zero attached hydrogens (tertiary/aromatic N) is 1. The smallest absolute Gasteiger partial charge is 0.270 e. The summed E-state index contributed by atoms with van der Waals surface area (Å²) in [6.45, 7) is 5.73. The average Bonchev–Trinajstić information content (AvgIpc) is 3.13. The molecule has 29 heavy (non-hydrogen) atoms. The maximum absolute atomic E-state index is 13.2. The van der Waals surface area contributed by atoms with Crippen molar-refractivity contribution in [2.45, 2.75) is 39.5 Å². The largest absolute Gasteiger partial charge is 0.349 e. The van der Waals surface area contributed by atoms with E-state index in [1.807, 2.05) is 13.8 Å². The topological polar surface area (TPSA) is 46.4 Å². The molecule has 2 N–H and O–H groups in total. The third-order valence-corrected chi connectivity index (χ3v) is 5.19. The molecule has 0 aliphatic heterocycles. The Hall–Kier alpha value is -2.64. The second-order valence-corrected chi connectivity index (χ2v) is 8.23. The van der Waals surface area contributed by atoms with Crippen molar-refractivity contribution in [2.24, 2.45) is 0 Å². The third kappa shape index (κ3) is 6.44. The van der Waals surface area contributed by atoms with Gasteiger partial charge in [-0.05, 0) is 38.1 Å². The van der Waals surface area contributed by atoms with Crippen LogP contribution in [0.1, 0.15) is 40.5 Å². The molecular weight excluding hydrogens is 392 g/mol. The predicted molar refractivity (Wildman–Crippen MR) is 110 cm³/mol. The van der Waals surface area contributed by atoms with Crippen LogP contribution < -0.4 is 10.2 Å². The fourth-order valence-electron chi connectivity index (χ4n) is 3.02. The van der Waals surface area contributed by atoms with E-state index in [0.29, 0.717) is 25.3 Å². The van der Waals surface area contributed by atoms with E-state index in [1.165, 1.54) is 35.6 Å². The van der Waals surface area contributed by atoms with Gasteiger partial charge in [-0.25, -0.2) is 13.8 Å². The van der Waals surface area contributed by atoms with Gasteiger partial charge < -0.3 is 10.2 Å². The Labute approximate surface area is 173 Å². The quantitative estimate of drug-likeness (QED) is 0.592. The molecule has 2 aromatic carbocycles. The van der Waals surface area contributed by atoms with E-state index in [-0.39, 0.29) is 23.6 Å². The average molecular weight is 417 g/mol. The lowest BCUT2D eigenvalue weighted by molar-refractivity contribution is -0.941. The Bertz CT molecular complexity index is 892. The first-order chi connectivity index (χ1) is 13.9. The van der Waals surface area contributed by atoms with Crippen LogP contribution in [-0.4, -0.2) is 16.9 Å². The van der Waals surface area contributed by atoms with Crippen LogP contribution >= 0.6 is 11.3 Å². The monoisotopic (exact) mass is 416 g/mol. The van der Waals surface area contributed by atoms with E-state index in [0.717, 1.165) is 21.0 Å². The van der Waals surface area contributed by atoms with Gasteiger partial charge in [0.15, 0.2) is 0 Å². The first-order valence-electron chi connectivity index (χ1n) is 9.47. The molecule has 3 rings (SSSR count). The number of hydrogen-bond donors (Lipinski definition) is 2. The molecular formula is C22H24F2N3OS+. The summed E-state index contributed by atoms with van der Waals surface area (Å²) >= 11 is 1.45. The zero-order chi connectivity index (χ0) is 20.8. The van der Waals surface area contributed by atoms with Crippen molar-refractivity contribution >= 4 is 17.2 Å². The lowest BCUT2D eigenvalue weighted by Gasteiger charge is -2.19. The van der Waals surface area contributed by atoms with E-state index in [1.54, 1.807) is 29.6 Å². The van der Waals surface area contributed by atoms with Gasteiger partial charge in [-0.2, -0.15) is 0 Å². The van der Waals surface area contributed by atoms with Gasteiger partial charge in [0.25, 0.3) is 5.91 Å². The van der Waals surface area contributed by atoms with E-state index < -0.39 is 0 Å². The summed E-state index contributed by atoms with van der Waals surface area (Å²) in [5.74, 6) is -0.717. The molecule has 0 spiro atoms. The van der Waals surface area contributed by atoms with Gasteiger partial charge >= 0.3 is 0 Å². The van der Waals surface area contributed by atoms with E-state index in [9.17, 15) is 13.6 Å². The van der Waals surface area contributed by atoms with Crippen LogP contribution in [0.15, 0.2) is 53.9 Å². The Morgan fingerprint density at radius 3 is 1.97 bits per heavy atom. The van der Waals surface area contributed by atoms with Crippen molar-refractivity contribution in [3.05, 3.63) is 87.4 Å². The summed E-state index contributed by atoms with van der Waals surface area (Å²) in [5, 5.41) is 5.45. The molecule has 0 aliphatic carbocycles. The molecule has 152 valence electrons. The molecule has 0 unspecified atom stereocenters. The zero-order valence-electron chi connectivity index (χ0n) is 16.4. The lowest BCUT2D eigenvalue weighted by Crippen LogP contribution is -3.08. The van der Waals surface area contributed by atoms with Crippen molar-refractivity contribution in [1.29, 1.82) is 0 Å². The summed E-state index contributed by atoms with van der Waals surface area (Å²) in [6, 6.07) is 12.9. The summed E-state index contributed by atoms with van der Waals surface area (Å²) in [5.41, 5.74) is 2.41. The van der Waals surface area contributed by atoms with Crippen molar-refractivity contribution in [1.82, 2.24) is 10.3 Å². The summed E-state index contributed by atoms with van der Waals surface area (Å²) in [4.78, 5) is 17.8. The van der Waals surface area contributed by atoms with Crippen LogP contribution in [0.25, 0.3) is 0 Å². The number of thiazole rings is 1. The molecule has 1 heterocycles. The van der Waals surface area contributed by atoms with Gasteiger partial charge in [0.2, 0.25) is 0 Å². The summed E-state index contributed by atoms with van der Waals surface area (Å²) in [7, 11) is 0. The molecule has 0 aliphatic rings. The standard InChI is InChI=1S/C22H23F2N3OS/c1-15(2)25-22(28)20-14-29-21(26-20)13-27(11-16-3-7-18(23)8-4-16)12-17-5-9-19(24)10-6-17/h3-10,14-15H,11-13H2,1-2H3,(H,25,28)/p+1. The van der Waals surface area contributed by atoms with Crippen LogP contribution in [0, 0.1) is 11.6 Å². The number of amides is 1. The molecule has 1 amide bonds. The molecule has 3 aromatic rings. The number of aromatic nitrogens is 1. The minimum absolute atomic E-state index is 0.0479. The highest BCUT2D eigenvalue weighted by molar-refractivity contribution is 7.09. The number of rotatable bonds is 8. The number of carbonyl (C=O) groups excluding carboxylic acids is 1. The predicted octanol–water partition coefficient (Wildman–Crippen LogP) is 3.34. The molecule has 0 saturated carbocycles. The number of carbonyl (C=O) groups is 1. The van der Waals surface area contributed by atoms with Gasteiger partial charge in [-0.3, -0.25) is 4.79 Å². The van der Waals surface area contributed by atoms with Crippen molar-refractivity contribution in [2.75, 3.05) is 0 Å². The molecule has 1 aromatic heterocycles. The van der Waals surface area contributed by atoms with Gasteiger partial charge in [-0.1, -0.05) is 24.3 Å². The molecule has 0 atom stereocenters. The maximum Gasteiger partial charge on any atom is 0.270 e. The maximum atomic E-state index is 13.2. The van der Waals surface area contributed by atoms with Crippen molar-refractivity contribution < 1.29 is 18.5 Å². The van der Waals surface area contributed by atoms with Crippen LogP contribution in [0.5, 0.6) is 0 Å².